The van der Waals surface area contributed by atoms with E-state index in [4.69, 9.17) is 14.2 Å². The number of amides is 3. The summed E-state index contributed by atoms with van der Waals surface area (Å²) < 4.78 is 16.1. The number of hydrogen-bond acceptors (Lipinski definition) is 7. The third kappa shape index (κ3) is 13.4. The molecule has 2 N–H and O–H groups in total. The predicted octanol–water partition coefficient (Wildman–Crippen LogP) is 5.58. The summed E-state index contributed by atoms with van der Waals surface area (Å²) in [6.07, 6.45) is -0.421. The first kappa shape index (κ1) is 31.9. The number of alkyl carbamates (subject to hydrolysis) is 1. The predicted molar refractivity (Wildman–Crippen MR) is 150 cm³/mol. The summed E-state index contributed by atoms with van der Waals surface area (Å²) in [6, 6.07) is 12.8. The second-order valence-corrected chi connectivity index (χ2v) is 11.1. The van der Waals surface area contributed by atoms with Crippen LogP contribution in [0.25, 0.3) is 0 Å². The molecular weight excluding hydrogens is 522 g/mol. The number of methoxy groups -OCH3 is 1. The molecule has 1 atom stereocenters. The van der Waals surface area contributed by atoms with Crippen LogP contribution in [0.4, 0.5) is 14.4 Å². The zero-order valence-electron chi connectivity index (χ0n) is 23.3. The normalized spacial score (nSPS) is 11.9. The van der Waals surface area contributed by atoms with Crippen LogP contribution in [0.1, 0.15) is 50.5 Å². The SMILES string of the molecule is COCCN(Cc1cccs1)C(=O)OCC(CCCCN(Cc1ccccc1)C(=O)O)NC(=O)OC(C)(C)C. The number of thiophene rings is 1. The number of benzene rings is 1. The number of nitrogens with one attached hydrogen (secondary N) is 1. The number of nitrogens with zero attached hydrogens (tertiary/aromatic N) is 2. The van der Waals surface area contributed by atoms with Gasteiger partial charge < -0.3 is 34.4 Å². The Morgan fingerprint density at radius 1 is 1.00 bits per heavy atom. The minimum atomic E-state index is -0.988. The lowest BCUT2D eigenvalue weighted by Crippen LogP contribution is -2.43. The van der Waals surface area contributed by atoms with Gasteiger partial charge in [0.25, 0.3) is 0 Å². The van der Waals surface area contributed by atoms with Crippen molar-refractivity contribution in [3.8, 4) is 0 Å². The lowest BCUT2D eigenvalue weighted by Gasteiger charge is -2.26. The molecule has 0 bridgehead atoms. The van der Waals surface area contributed by atoms with Gasteiger partial charge in [0.1, 0.15) is 12.2 Å². The van der Waals surface area contributed by atoms with Crippen LogP contribution in [0, 0.1) is 0 Å². The van der Waals surface area contributed by atoms with Gasteiger partial charge >= 0.3 is 18.3 Å². The number of carbonyl (C=O) groups is 3. The van der Waals surface area contributed by atoms with Crippen LogP contribution in [0.3, 0.4) is 0 Å². The van der Waals surface area contributed by atoms with Crippen molar-refractivity contribution in [3.63, 3.8) is 0 Å². The van der Waals surface area contributed by atoms with Crippen LogP contribution in [0.15, 0.2) is 47.8 Å². The highest BCUT2D eigenvalue weighted by molar-refractivity contribution is 7.09. The highest BCUT2D eigenvalue weighted by Gasteiger charge is 2.23. The minimum absolute atomic E-state index is 0.0430. The molecule has 0 aliphatic rings. The summed E-state index contributed by atoms with van der Waals surface area (Å²) in [5.74, 6) is 0. The molecule has 39 heavy (non-hydrogen) atoms. The molecule has 11 heteroatoms. The molecule has 3 amide bonds. The molecule has 10 nitrogen and oxygen atoms in total. The standard InChI is InChI=1S/C28H41N3O7S/c1-28(2,3)38-25(32)29-23(13-8-9-15-30(26(33)34)19-22-11-6-5-7-12-22)21-37-27(35)31(16-17-36-4)20-24-14-10-18-39-24/h5-7,10-12,14,18,23H,8-9,13,15-17,19-21H2,1-4H3,(H,29,32)(H,33,34). The van der Waals surface area contributed by atoms with Crippen LogP contribution in [0.2, 0.25) is 0 Å². The average Bonchev–Trinajstić information content (AvgIpc) is 3.39. The lowest BCUT2D eigenvalue weighted by molar-refractivity contribution is 0.0435. The van der Waals surface area contributed by atoms with Crippen LogP contribution in [0.5, 0.6) is 0 Å². The van der Waals surface area contributed by atoms with E-state index in [0.717, 1.165) is 10.4 Å². The van der Waals surface area contributed by atoms with E-state index < -0.39 is 29.9 Å². The van der Waals surface area contributed by atoms with Crippen molar-refractivity contribution in [2.45, 2.75) is 64.8 Å². The van der Waals surface area contributed by atoms with Gasteiger partial charge in [-0.05, 0) is 57.0 Å². The van der Waals surface area contributed by atoms with E-state index in [9.17, 15) is 19.5 Å². The van der Waals surface area contributed by atoms with Gasteiger partial charge in [-0.2, -0.15) is 0 Å². The van der Waals surface area contributed by atoms with Crippen molar-refractivity contribution in [3.05, 3.63) is 58.3 Å². The van der Waals surface area contributed by atoms with E-state index in [0.29, 0.717) is 52.0 Å². The minimum Gasteiger partial charge on any atom is -0.465 e. The van der Waals surface area contributed by atoms with Gasteiger partial charge in [-0.1, -0.05) is 36.4 Å². The van der Waals surface area contributed by atoms with E-state index >= 15 is 0 Å². The third-order valence-electron chi connectivity index (χ3n) is 5.60. The Morgan fingerprint density at radius 2 is 1.74 bits per heavy atom. The Labute approximate surface area is 234 Å². The van der Waals surface area contributed by atoms with Gasteiger partial charge in [0.05, 0.1) is 19.2 Å². The third-order valence-corrected chi connectivity index (χ3v) is 6.46. The molecule has 0 radical (unpaired) electrons. The molecule has 0 saturated heterocycles. The van der Waals surface area contributed by atoms with Gasteiger partial charge in [-0.3, -0.25) is 0 Å². The van der Waals surface area contributed by atoms with Crippen molar-refractivity contribution in [2.75, 3.05) is 33.4 Å². The summed E-state index contributed by atoms with van der Waals surface area (Å²) in [4.78, 5) is 41.0. The largest absolute Gasteiger partial charge is 0.465 e. The topological polar surface area (TPSA) is 118 Å². The van der Waals surface area contributed by atoms with E-state index in [1.807, 2.05) is 47.8 Å². The van der Waals surface area contributed by atoms with Crippen molar-refractivity contribution in [2.24, 2.45) is 0 Å². The Hall–Kier alpha value is -3.31. The molecule has 0 aliphatic carbocycles. The smallest absolute Gasteiger partial charge is 0.410 e. The molecule has 1 heterocycles. The Morgan fingerprint density at radius 3 is 2.36 bits per heavy atom. The fraction of sp³-hybridized carbons (Fsp3) is 0.536. The number of carbonyl (C=O) groups excluding carboxylic acids is 2. The summed E-state index contributed by atoms with van der Waals surface area (Å²) in [7, 11) is 1.57. The van der Waals surface area contributed by atoms with Gasteiger partial charge in [0, 0.05) is 31.6 Å². The summed E-state index contributed by atoms with van der Waals surface area (Å²) in [5.41, 5.74) is 0.236. The van der Waals surface area contributed by atoms with Crippen LogP contribution in [-0.2, 0) is 27.3 Å². The first-order valence-electron chi connectivity index (χ1n) is 13.0. The molecule has 2 aromatic rings. The zero-order valence-corrected chi connectivity index (χ0v) is 24.1. The van der Waals surface area contributed by atoms with E-state index in [2.05, 4.69) is 5.32 Å². The van der Waals surface area contributed by atoms with Crippen LogP contribution >= 0.6 is 11.3 Å². The maximum atomic E-state index is 12.9. The van der Waals surface area contributed by atoms with Gasteiger partial charge in [-0.25, -0.2) is 14.4 Å². The Bertz CT molecular complexity index is 996. The van der Waals surface area contributed by atoms with Gasteiger partial charge in [-0.15, -0.1) is 11.3 Å². The zero-order chi connectivity index (χ0) is 28.7. The number of unbranched alkanes of at least 4 members (excludes halogenated alkanes) is 1. The fourth-order valence-corrected chi connectivity index (χ4v) is 4.42. The van der Waals surface area contributed by atoms with E-state index in [1.54, 1.807) is 44.1 Å². The monoisotopic (exact) mass is 563 g/mol. The van der Waals surface area contributed by atoms with E-state index in [-0.39, 0.29) is 6.61 Å². The van der Waals surface area contributed by atoms with E-state index in [1.165, 1.54) is 4.90 Å². The first-order chi connectivity index (χ1) is 18.6. The number of ether oxygens (including phenoxy) is 3. The highest BCUT2D eigenvalue weighted by atomic mass is 32.1. The molecule has 0 fully saturated rings. The van der Waals surface area contributed by atoms with Crippen molar-refractivity contribution in [1.29, 1.82) is 0 Å². The van der Waals surface area contributed by atoms with Crippen LogP contribution < -0.4 is 5.32 Å². The lowest BCUT2D eigenvalue weighted by atomic mass is 10.1. The second kappa shape index (κ2) is 16.6. The van der Waals surface area contributed by atoms with Crippen LogP contribution in [-0.4, -0.2) is 78.2 Å². The number of carboxylic acid groups (broad SMARTS) is 1. The number of hydrogen-bond donors (Lipinski definition) is 2. The summed E-state index contributed by atoms with van der Waals surface area (Å²) in [6.45, 7) is 7.04. The van der Waals surface area contributed by atoms with Gasteiger partial charge in [0.15, 0.2) is 0 Å². The fourth-order valence-electron chi connectivity index (χ4n) is 3.70. The first-order valence-corrected chi connectivity index (χ1v) is 13.9. The molecule has 0 saturated carbocycles. The molecule has 0 aliphatic heterocycles. The molecule has 216 valence electrons. The van der Waals surface area contributed by atoms with Gasteiger partial charge in [0.2, 0.25) is 0 Å². The van der Waals surface area contributed by atoms with Crippen molar-refractivity contribution >= 4 is 29.6 Å². The Kier molecular flexibility index (Phi) is 13.6. The summed E-state index contributed by atoms with van der Waals surface area (Å²) in [5, 5.41) is 14.3. The van der Waals surface area contributed by atoms with Crippen molar-refractivity contribution < 1.29 is 33.7 Å². The number of rotatable bonds is 15. The maximum Gasteiger partial charge on any atom is 0.410 e. The highest BCUT2D eigenvalue weighted by Crippen LogP contribution is 2.14. The molecule has 1 aromatic heterocycles. The molecule has 1 aromatic carbocycles. The second-order valence-electron chi connectivity index (χ2n) is 10.1. The molecule has 0 spiro atoms. The summed E-state index contributed by atoms with van der Waals surface area (Å²) >= 11 is 1.55. The molecule has 1 unspecified atom stereocenters. The van der Waals surface area contributed by atoms with Crippen molar-refractivity contribution in [1.82, 2.24) is 15.1 Å². The Balaban J connectivity index is 1.94. The molecular formula is C28H41N3O7S. The molecule has 2 rings (SSSR count). The average molecular weight is 564 g/mol. The maximum absolute atomic E-state index is 12.9. The quantitative estimate of drug-likeness (QED) is 0.272.